The van der Waals surface area contributed by atoms with Crippen LogP contribution in [0.25, 0.3) is 0 Å². The lowest BCUT2D eigenvalue weighted by Gasteiger charge is -2.11. The van der Waals surface area contributed by atoms with E-state index < -0.39 is 0 Å². The summed E-state index contributed by atoms with van der Waals surface area (Å²) in [6.45, 7) is 3.18. The van der Waals surface area contributed by atoms with Crippen molar-refractivity contribution in [1.29, 1.82) is 0 Å². The lowest BCUT2D eigenvalue weighted by atomic mass is 10.1. The molecule has 0 fully saturated rings. The van der Waals surface area contributed by atoms with Crippen LogP contribution in [-0.4, -0.2) is 20.3 Å². The van der Waals surface area contributed by atoms with Crippen LogP contribution in [0, 0.1) is 0 Å². The molecule has 0 aliphatic heterocycles. The van der Waals surface area contributed by atoms with Gasteiger partial charge in [0, 0.05) is 7.11 Å². The minimum Gasteiger partial charge on any atom is -0.494 e. The van der Waals surface area contributed by atoms with Crippen LogP contribution in [0.1, 0.15) is 18.5 Å². The zero-order chi connectivity index (χ0) is 10.4. The van der Waals surface area contributed by atoms with Gasteiger partial charge in [0.25, 0.3) is 0 Å². The Bertz CT molecular complexity index is 258. The highest BCUT2D eigenvalue weighted by Gasteiger charge is 2.04. The number of hydrogen-bond donors (Lipinski definition) is 1. The molecule has 0 bridgehead atoms. The Kier molecular flexibility index (Phi) is 4.43. The fourth-order valence-electron chi connectivity index (χ4n) is 1.25. The van der Waals surface area contributed by atoms with E-state index in [1.54, 1.807) is 7.11 Å². The summed E-state index contributed by atoms with van der Waals surface area (Å²) < 4.78 is 10.3. The standard InChI is InChI=1S/C11H17NO2/c1-3-14-10-6-4-9(5-7-10)11(12)8-13-2/h4-7,11H,3,8,12H2,1-2H3/t11-/m0/s1. The Labute approximate surface area is 84.8 Å². The van der Waals surface area contributed by atoms with Gasteiger partial charge in [0.1, 0.15) is 5.75 Å². The molecule has 14 heavy (non-hydrogen) atoms. The molecule has 0 spiro atoms. The Morgan fingerprint density at radius 2 is 1.93 bits per heavy atom. The van der Waals surface area contributed by atoms with Gasteiger partial charge in [-0.25, -0.2) is 0 Å². The number of ether oxygens (including phenoxy) is 2. The maximum absolute atomic E-state index is 5.86. The molecule has 1 aromatic carbocycles. The summed E-state index contributed by atoms with van der Waals surface area (Å²) in [5.41, 5.74) is 6.93. The lowest BCUT2D eigenvalue weighted by Crippen LogP contribution is -2.15. The summed E-state index contributed by atoms with van der Waals surface area (Å²) in [6.07, 6.45) is 0. The van der Waals surface area contributed by atoms with E-state index in [-0.39, 0.29) is 6.04 Å². The summed E-state index contributed by atoms with van der Waals surface area (Å²) in [5, 5.41) is 0. The topological polar surface area (TPSA) is 44.5 Å². The summed E-state index contributed by atoms with van der Waals surface area (Å²) in [5.74, 6) is 0.876. The first-order chi connectivity index (χ1) is 6.77. The van der Waals surface area contributed by atoms with Crippen LogP contribution in [0.5, 0.6) is 5.75 Å². The number of benzene rings is 1. The Morgan fingerprint density at radius 1 is 1.29 bits per heavy atom. The second kappa shape index (κ2) is 5.62. The van der Waals surface area contributed by atoms with Crippen LogP contribution < -0.4 is 10.5 Å². The molecule has 0 heterocycles. The van der Waals surface area contributed by atoms with E-state index in [4.69, 9.17) is 15.2 Å². The van der Waals surface area contributed by atoms with Crippen LogP contribution >= 0.6 is 0 Å². The minimum atomic E-state index is -0.0596. The number of nitrogens with two attached hydrogens (primary N) is 1. The van der Waals surface area contributed by atoms with Crippen LogP contribution in [0.15, 0.2) is 24.3 Å². The molecule has 78 valence electrons. The highest BCUT2D eigenvalue weighted by molar-refractivity contribution is 5.29. The summed E-state index contributed by atoms with van der Waals surface area (Å²) in [4.78, 5) is 0. The van der Waals surface area contributed by atoms with Gasteiger partial charge in [-0.3, -0.25) is 0 Å². The third-order valence-electron chi connectivity index (χ3n) is 1.97. The average Bonchev–Trinajstić information content (AvgIpc) is 2.20. The highest BCUT2D eigenvalue weighted by Crippen LogP contribution is 2.16. The smallest absolute Gasteiger partial charge is 0.119 e. The first-order valence-electron chi connectivity index (χ1n) is 4.75. The molecule has 1 rings (SSSR count). The van der Waals surface area contributed by atoms with E-state index in [2.05, 4.69) is 0 Å². The molecule has 2 N–H and O–H groups in total. The minimum absolute atomic E-state index is 0.0596. The first-order valence-corrected chi connectivity index (χ1v) is 4.75. The molecule has 0 radical (unpaired) electrons. The average molecular weight is 195 g/mol. The predicted octanol–water partition coefficient (Wildman–Crippen LogP) is 1.73. The van der Waals surface area contributed by atoms with Gasteiger partial charge in [0.05, 0.1) is 19.3 Å². The number of rotatable bonds is 5. The summed E-state index contributed by atoms with van der Waals surface area (Å²) >= 11 is 0. The molecule has 0 amide bonds. The van der Waals surface area contributed by atoms with Gasteiger partial charge in [-0.2, -0.15) is 0 Å². The van der Waals surface area contributed by atoms with E-state index in [9.17, 15) is 0 Å². The lowest BCUT2D eigenvalue weighted by molar-refractivity contribution is 0.181. The normalized spacial score (nSPS) is 12.5. The largest absolute Gasteiger partial charge is 0.494 e. The zero-order valence-electron chi connectivity index (χ0n) is 8.69. The fourth-order valence-corrected chi connectivity index (χ4v) is 1.25. The van der Waals surface area contributed by atoms with Gasteiger partial charge in [-0.05, 0) is 24.6 Å². The molecule has 0 unspecified atom stereocenters. The SMILES string of the molecule is CCOc1ccc([C@@H](N)COC)cc1. The third-order valence-corrected chi connectivity index (χ3v) is 1.97. The van der Waals surface area contributed by atoms with Gasteiger partial charge in [0.2, 0.25) is 0 Å². The monoisotopic (exact) mass is 195 g/mol. The van der Waals surface area contributed by atoms with Gasteiger partial charge >= 0.3 is 0 Å². The summed E-state index contributed by atoms with van der Waals surface area (Å²) in [6, 6.07) is 7.72. The third kappa shape index (κ3) is 3.01. The molecule has 0 saturated heterocycles. The molecular formula is C11H17NO2. The predicted molar refractivity (Wildman–Crippen MR) is 56.4 cm³/mol. The van der Waals surface area contributed by atoms with E-state index in [1.165, 1.54) is 0 Å². The van der Waals surface area contributed by atoms with Gasteiger partial charge in [-0.15, -0.1) is 0 Å². The van der Waals surface area contributed by atoms with Crippen molar-refractivity contribution in [1.82, 2.24) is 0 Å². The van der Waals surface area contributed by atoms with Gasteiger partial charge < -0.3 is 15.2 Å². The molecule has 0 saturated carbocycles. The summed E-state index contributed by atoms with van der Waals surface area (Å²) in [7, 11) is 1.65. The van der Waals surface area contributed by atoms with Crippen LogP contribution in [0.4, 0.5) is 0 Å². The molecule has 1 aromatic rings. The van der Waals surface area contributed by atoms with E-state index in [1.807, 2.05) is 31.2 Å². The van der Waals surface area contributed by atoms with Crippen molar-refractivity contribution in [3.8, 4) is 5.75 Å². The zero-order valence-corrected chi connectivity index (χ0v) is 8.69. The number of hydrogen-bond acceptors (Lipinski definition) is 3. The van der Waals surface area contributed by atoms with Crippen LogP contribution in [0.3, 0.4) is 0 Å². The molecule has 1 atom stereocenters. The van der Waals surface area contributed by atoms with Gasteiger partial charge in [0.15, 0.2) is 0 Å². The first kappa shape index (κ1) is 11.0. The Balaban J connectivity index is 2.62. The Hall–Kier alpha value is -1.06. The maximum atomic E-state index is 5.86. The van der Waals surface area contributed by atoms with Crippen molar-refractivity contribution in [2.24, 2.45) is 5.73 Å². The molecular weight excluding hydrogens is 178 g/mol. The molecule has 3 heteroatoms. The quantitative estimate of drug-likeness (QED) is 0.778. The van der Waals surface area contributed by atoms with Crippen molar-refractivity contribution in [2.45, 2.75) is 13.0 Å². The van der Waals surface area contributed by atoms with Crippen LogP contribution in [0.2, 0.25) is 0 Å². The maximum Gasteiger partial charge on any atom is 0.119 e. The van der Waals surface area contributed by atoms with Crippen molar-refractivity contribution in [3.63, 3.8) is 0 Å². The second-order valence-corrected chi connectivity index (χ2v) is 3.06. The van der Waals surface area contributed by atoms with E-state index >= 15 is 0 Å². The van der Waals surface area contributed by atoms with Gasteiger partial charge in [-0.1, -0.05) is 12.1 Å². The Morgan fingerprint density at radius 3 is 2.43 bits per heavy atom. The second-order valence-electron chi connectivity index (χ2n) is 3.06. The van der Waals surface area contributed by atoms with Crippen molar-refractivity contribution in [2.75, 3.05) is 20.3 Å². The molecule has 0 aliphatic rings. The number of methoxy groups -OCH3 is 1. The molecule has 0 aromatic heterocycles. The van der Waals surface area contributed by atoms with E-state index in [0.29, 0.717) is 13.2 Å². The van der Waals surface area contributed by atoms with Crippen molar-refractivity contribution < 1.29 is 9.47 Å². The van der Waals surface area contributed by atoms with Crippen LogP contribution in [-0.2, 0) is 4.74 Å². The highest BCUT2D eigenvalue weighted by atomic mass is 16.5. The van der Waals surface area contributed by atoms with Crippen molar-refractivity contribution >= 4 is 0 Å². The fraction of sp³-hybridized carbons (Fsp3) is 0.455. The molecule has 3 nitrogen and oxygen atoms in total. The van der Waals surface area contributed by atoms with Crippen molar-refractivity contribution in [3.05, 3.63) is 29.8 Å². The van der Waals surface area contributed by atoms with E-state index in [0.717, 1.165) is 11.3 Å². The molecule has 0 aliphatic carbocycles.